The molecule has 1 amide bonds. The van der Waals surface area contributed by atoms with Crippen LogP contribution in [-0.4, -0.2) is 33.7 Å². The minimum Gasteiger partial charge on any atom is -0.342 e. The Morgan fingerprint density at radius 2 is 2.12 bits per heavy atom. The van der Waals surface area contributed by atoms with Crippen molar-refractivity contribution in [3.05, 3.63) is 53.3 Å². The molecule has 134 valence electrons. The van der Waals surface area contributed by atoms with E-state index in [2.05, 4.69) is 41.2 Å². The van der Waals surface area contributed by atoms with Gasteiger partial charge in [0, 0.05) is 32.8 Å². The molecule has 0 radical (unpaired) electrons. The van der Waals surface area contributed by atoms with Gasteiger partial charge in [0.2, 0.25) is 5.91 Å². The highest BCUT2D eigenvalue weighted by molar-refractivity contribution is 5.76. The standard InChI is InChI=1S/C21H29N3O/c1-17-6-3-4-8-20(17)11-9-18-7-5-13-24(16-18)21(25)12-10-19-14-22-23(2)15-19/h3-4,6,8,14-15,18H,5,7,9-13,16H2,1-2H3. The fourth-order valence-corrected chi connectivity index (χ4v) is 3.79. The van der Waals surface area contributed by atoms with Crippen LogP contribution in [0.3, 0.4) is 0 Å². The van der Waals surface area contributed by atoms with Gasteiger partial charge in [-0.3, -0.25) is 9.48 Å². The van der Waals surface area contributed by atoms with Crippen molar-refractivity contribution in [2.24, 2.45) is 13.0 Å². The van der Waals surface area contributed by atoms with Crippen LogP contribution in [0.25, 0.3) is 0 Å². The number of hydrogen-bond donors (Lipinski definition) is 0. The van der Waals surface area contributed by atoms with E-state index in [1.165, 1.54) is 24.0 Å². The Morgan fingerprint density at radius 1 is 1.28 bits per heavy atom. The molecule has 0 spiro atoms. The van der Waals surface area contributed by atoms with E-state index in [4.69, 9.17) is 0 Å². The average molecular weight is 339 g/mol. The summed E-state index contributed by atoms with van der Waals surface area (Å²) in [6.07, 6.45) is 9.91. The molecule has 0 bridgehead atoms. The van der Waals surface area contributed by atoms with Crippen LogP contribution in [0.5, 0.6) is 0 Å². The fourth-order valence-electron chi connectivity index (χ4n) is 3.79. The number of rotatable bonds is 6. The summed E-state index contributed by atoms with van der Waals surface area (Å²) in [5, 5.41) is 4.17. The van der Waals surface area contributed by atoms with Crippen LogP contribution in [0.15, 0.2) is 36.7 Å². The molecule has 2 aromatic rings. The van der Waals surface area contributed by atoms with Crippen molar-refractivity contribution in [1.29, 1.82) is 0 Å². The van der Waals surface area contributed by atoms with Gasteiger partial charge in [-0.2, -0.15) is 5.10 Å². The summed E-state index contributed by atoms with van der Waals surface area (Å²) >= 11 is 0. The predicted octanol–water partition coefficient (Wildman–Crippen LogP) is 3.53. The molecule has 2 heterocycles. The summed E-state index contributed by atoms with van der Waals surface area (Å²) in [7, 11) is 1.91. The summed E-state index contributed by atoms with van der Waals surface area (Å²) in [4.78, 5) is 14.6. The Hall–Kier alpha value is -2.10. The first-order valence-corrected chi connectivity index (χ1v) is 9.41. The smallest absolute Gasteiger partial charge is 0.222 e. The Balaban J connectivity index is 1.47. The number of nitrogens with zero attached hydrogens (tertiary/aromatic N) is 3. The van der Waals surface area contributed by atoms with Crippen LogP contribution >= 0.6 is 0 Å². The zero-order valence-corrected chi connectivity index (χ0v) is 15.4. The van der Waals surface area contributed by atoms with E-state index in [1.54, 1.807) is 4.68 Å². The van der Waals surface area contributed by atoms with E-state index >= 15 is 0 Å². The number of carbonyl (C=O) groups excluding carboxylic acids is 1. The van der Waals surface area contributed by atoms with Crippen LogP contribution in [0.1, 0.15) is 42.4 Å². The molecule has 0 N–H and O–H groups in total. The lowest BCUT2D eigenvalue weighted by Gasteiger charge is -2.33. The first kappa shape index (κ1) is 17.7. The molecular weight excluding hydrogens is 310 g/mol. The van der Waals surface area contributed by atoms with Crippen molar-refractivity contribution in [3.8, 4) is 0 Å². The van der Waals surface area contributed by atoms with Gasteiger partial charge < -0.3 is 4.90 Å². The number of aromatic nitrogens is 2. The molecule has 1 fully saturated rings. The molecule has 0 aliphatic carbocycles. The molecule has 25 heavy (non-hydrogen) atoms. The summed E-state index contributed by atoms with van der Waals surface area (Å²) in [5.41, 5.74) is 3.97. The number of likely N-dealkylation sites (tertiary alicyclic amines) is 1. The van der Waals surface area contributed by atoms with Crippen molar-refractivity contribution in [2.45, 2.75) is 45.4 Å². The minimum atomic E-state index is 0.296. The summed E-state index contributed by atoms with van der Waals surface area (Å²) < 4.78 is 1.79. The Morgan fingerprint density at radius 3 is 2.88 bits per heavy atom. The molecule has 4 nitrogen and oxygen atoms in total. The van der Waals surface area contributed by atoms with Crippen molar-refractivity contribution in [3.63, 3.8) is 0 Å². The predicted molar refractivity (Wildman–Crippen MR) is 100 cm³/mol. The lowest BCUT2D eigenvalue weighted by molar-refractivity contribution is -0.133. The van der Waals surface area contributed by atoms with E-state index in [0.29, 0.717) is 18.2 Å². The largest absolute Gasteiger partial charge is 0.342 e. The van der Waals surface area contributed by atoms with Gasteiger partial charge >= 0.3 is 0 Å². The molecule has 1 saturated heterocycles. The maximum Gasteiger partial charge on any atom is 0.222 e. The van der Waals surface area contributed by atoms with E-state index in [-0.39, 0.29) is 0 Å². The number of benzene rings is 1. The van der Waals surface area contributed by atoms with Crippen molar-refractivity contribution in [1.82, 2.24) is 14.7 Å². The van der Waals surface area contributed by atoms with Gasteiger partial charge in [0.15, 0.2) is 0 Å². The van der Waals surface area contributed by atoms with Gasteiger partial charge in [0.05, 0.1) is 6.20 Å². The molecule has 1 atom stereocenters. The zero-order chi connectivity index (χ0) is 17.6. The first-order chi connectivity index (χ1) is 12.1. The van der Waals surface area contributed by atoms with Gasteiger partial charge in [-0.1, -0.05) is 24.3 Å². The Labute approximate surface area is 150 Å². The molecule has 3 rings (SSSR count). The minimum absolute atomic E-state index is 0.296. The molecule has 4 heteroatoms. The third kappa shape index (κ3) is 4.94. The van der Waals surface area contributed by atoms with Crippen LogP contribution in [-0.2, 0) is 24.7 Å². The number of carbonyl (C=O) groups is 1. The van der Waals surface area contributed by atoms with Gasteiger partial charge in [-0.25, -0.2) is 0 Å². The fraction of sp³-hybridized carbons (Fsp3) is 0.524. The highest BCUT2D eigenvalue weighted by Gasteiger charge is 2.23. The van der Waals surface area contributed by atoms with Crippen molar-refractivity contribution >= 4 is 5.91 Å². The molecule has 1 aliphatic rings. The second-order valence-electron chi connectivity index (χ2n) is 7.34. The topological polar surface area (TPSA) is 38.1 Å². The Kier molecular flexibility index (Phi) is 5.90. The molecular formula is C21H29N3O. The number of aryl methyl sites for hydroxylation is 4. The van der Waals surface area contributed by atoms with E-state index < -0.39 is 0 Å². The van der Waals surface area contributed by atoms with Gasteiger partial charge in [-0.05, 0) is 61.6 Å². The highest BCUT2D eigenvalue weighted by atomic mass is 16.2. The molecule has 1 aliphatic heterocycles. The summed E-state index contributed by atoms with van der Waals surface area (Å²) in [5.74, 6) is 0.931. The van der Waals surface area contributed by atoms with E-state index in [1.807, 2.05) is 19.4 Å². The maximum absolute atomic E-state index is 12.6. The number of amides is 1. The molecule has 1 unspecified atom stereocenters. The zero-order valence-electron chi connectivity index (χ0n) is 15.4. The third-order valence-corrected chi connectivity index (χ3v) is 5.34. The monoisotopic (exact) mass is 339 g/mol. The highest BCUT2D eigenvalue weighted by Crippen LogP contribution is 2.23. The normalized spacial score (nSPS) is 17.7. The summed E-state index contributed by atoms with van der Waals surface area (Å²) in [6, 6.07) is 8.64. The summed E-state index contributed by atoms with van der Waals surface area (Å²) in [6.45, 7) is 4.04. The van der Waals surface area contributed by atoms with Crippen LogP contribution in [0.4, 0.5) is 0 Å². The Bertz CT molecular complexity index is 707. The second kappa shape index (κ2) is 8.32. The first-order valence-electron chi connectivity index (χ1n) is 9.41. The lowest BCUT2D eigenvalue weighted by Crippen LogP contribution is -2.40. The third-order valence-electron chi connectivity index (χ3n) is 5.34. The second-order valence-corrected chi connectivity index (χ2v) is 7.34. The van der Waals surface area contributed by atoms with Crippen LogP contribution in [0.2, 0.25) is 0 Å². The van der Waals surface area contributed by atoms with E-state index in [0.717, 1.165) is 37.9 Å². The number of hydrogen-bond acceptors (Lipinski definition) is 2. The van der Waals surface area contributed by atoms with Gasteiger partial charge in [-0.15, -0.1) is 0 Å². The van der Waals surface area contributed by atoms with Gasteiger partial charge in [0.1, 0.15) is 0 Å². The van der Waals surface area contributed by atoms with Crippen molar-refractivity contribution < 1.29 is 4.79 Å². The lowest BCUT2D eigenvalue weighted by atomic mass is 9.90. The molecule has 1 aromatic carbocycles. The molecule has 1 aromatic heterocycles. The van der Waals surface area contributed by atoms with Crippen LogP contribution < -0.4 is 0 Å². The van der Waals surface area contributed by atoms with Crippen LogP contribution in [0, 0.1) is 12.8 Å². The van der Waals surface area contributed by atoms with E-state index in [9.17, 15) is 4.79 Å². The maximum atomic E-state index is 12.6. The van der Waals surface area contributed by atoms with Crippen molar-refractivity contribution in [2.75, 3.05) is 13.1 Å². The molecule has 0 saturated carbocycles. The van der Waals surface area contributed by atoms with Gasteiger partial charge in [0.25, 0.3) is 0 Å². The number of piperidine rings is 1. The SMILES string of the molecule is Cc1ccccc1CCC1CCCN(C(=O)CCc2cnn(C)c2)C1. The quantitative estimate of drug-likeness (QED) is 0.807. The average Bonchev–Trinajstić information content (AvgIpc) is 3.04.